The Morgan fingerprint density at radius 2 is 1.55 bits per heavy atom. The summed E-state index contributed by atoms with van der Waals surface area (Å²) in [6.45, 7) is 0. The first-order chi connectivity index (χ1) is 15.6. The lowest BCUT2D eigenvalue weighted by atomic mass is 10.0. The molecule has 33 heavy (non-hydrogen) atoms. The second-order valence-corrected chi connectivity index (χ2v) is 6.86. The van der Waals surface area contributed by atoms with Gasteiger partial charge >= 0.3 is 6.36 Å². The molecule has 4 rings (SSSR count). The average Bonchev–Trinajstić information content (AvgIpc) is 2.99. The highest BCUT2D eigenvalue weighted by Crippen LogP contribution is 2.35. The number of carbonyl (C=O) groups excluding carboxylic acids is 2. The van der Waals surface area contributed by atoms with E-state index < -0.39 is 41.2 Å². The highest BCUT2D eigenvalue weighted by Gasteiger charge is 2.41. The van der Waals surface area contributed by atoms with Crippen LogP contribution in [0.25, 0.3) is 5.57 Å². The van der Waals surface area contributed by atoms with Gasteiger partial charge in [0.15, 0.2) is 0 Å². The number of carbonyl (C=O) groups is 2. The van der Waals surface area contributed by atoms with Gasteiger partial charge in [-0.2, -0.15) is 0 Å². The molecule has 0 bridgehead atoms. The smallest absolute Gasteiger partial charge is 0.406 e. The normalized spacial score (nSPS) is 14.2. The average molecular weight is 460 g/mol. The molecule has 0 aliphatic carbocycles. The molecule has 168 valence electrons. The minimum absolute atomic E-state index is 0.00268. The van der Waals surface area contributed by atoms with Gasteiger partial charge in [-0.15, -0.1) is 13.2 Å². The molecule has 1 heterocycles. The Hall–Kier alpha value is -4.21. The van der Waals surface area contributed by atoms with Crippen LogP contribution in [-0.4, -0.2) is 18.2 Å². The maximum atomic E-state index is 14.4. The maximum Gasteiger partial charge on any atom is 0.573 e. The SMILES string of the molecule is O=C1C(Nc2cccc(OC(F)(F)F)c2)=C(c2ccccc2)C(=O)N1c1cc(F)ccc1F. The van der Waals surface area contributed by atoms with E-state index in [0.29, 0.717) is 16.5 Å². The molecule has 0 atom stereocenters. The zero-order valence-corrected chi connectivity index (χ0v) is 16.5. The molecule has 1 aliphatic heterocycles. The second-order valence-electron chi connectivity index (χ2n) is 6.86. The number of imide groups is 1. The molecule has 3 aromatic rings. The Morgan fingerprint density at radius 3 is 2.24 bits per heavy atom. The number of anilines is 2. The molecular weight excluding hydrogens is 447 g/mol. The van der Waals surface area contributed by atoms with Gasteiger partial charge in [-0.1, -0.05) is 36.4 Å². The summed E-state index contributed by atoms with van der Waals surface area (Å²) < 4.78 is 69.7. The molecule has 0 aromatic heterocycles. The molecule has 0 radical (unpaired) electrons. The molecule has 3 aromatic carbocycles. The number of alkyl halides is 3. The first-order valence-corrected chi connectivity index (χ1v) is 9.40. The Balaban J connectivity index is 1.79. The van der Waals surface area contributed by atoms with Crippen molar-refractivity contribution in [2.24, 2.45) is 0 Å². The minimum atomic E-state index is -4.93. The summed E-state index contributed by atoms with van der Waals surface area (Å²) in [7, 11) is 0. The van der Waals surface area contributed by atoms with Gasteiger partial charge in [0.05, 0.1) is 11.3 Å². The highest BCUT2D eigenvalue weighted by atomic mass is 19.4. The number of halogens is 5. The molecule has 2 amide bonds. The van der Waals surface area contributed by atoms with E-state index in [2.05, 4.69) is 10.1 Å². The van der Waals surface area contributed by atoms with Crippen LogP contribution >= 0.6 is 0 Å². The lowest BCUT2D eigenvalue weighted by Crippen LogP contribution is -2.33. The fourth-order valence-electron chi connectivity index (χ4n) is 3.31. The molecule has 0 fully saturated rings. The first kappa shape index (κ1) is 22.0. The van der Waals surface area contributed by atoms with Crippen molar-refractivity contribution in [1.82, 2.24) is 0 Å². The summed E-state index contributed by atoms with van der Waals surface area (Å²) in [6.07, 6.45) is -4.93. The lowest BCUT2D eigenvalue weighted by Gasteiger charge is -2.16. The van der Waals surface area contributed by atoms with E-state index in [9.17, 15) is 31.5 Å². The van der Waals surface area contributed by atoms with Gasteiger partial charge in [-0.3, -0.25) is 9.59 Å². The summed E-state index contributed by atoms with van der Waals surface area (Å²) in [5.41, 5.74) is -0.780. The topological polar surface area (TPSA) is 58.6 Å². The number of amides is 2. The third-order valence-electron chi connectivity index (χ3n) is 4.63. The van der Waals surface area contributed by atoms with E-state index >= 15 is 0 Å². The van der Waals surface area contributed by atoms with Gasteiger partial charge in [0.25, 0.3) is 11.8 Å². The van der Waals surface area contributed by atoms with Gasteiger partial charge in [0.2, 0.25) is 0 Å². The van der Waals surface area contributed by atoms with Crippen LogP contribution in [0.15, 0.2) is 78.5 Å². The minimum Gasteiger partial charge on any atom is -0.406 e. The molecule has 0 unspecified atom stereocenters. The predicted octanol–water partition coefficient (Wildman–Crippen LogP) is 5.26. The van der Waals surface area contributed by atoms with Gasteiger partial charge in [-0.25, -0.2) is 13.7 Å². The molecule has 10 heteroatoms. The number of hydrogen-bond acceptors (Lipinski definition) is 4. The van der Waals surface area contributed by atoms with E-state index in [1.807, 2.05) is 0 Å². The monoisotopic (exact) mass is 460 g/mol. The van der Waals surface area contributed by atoms with Crippen molar-refractivity contribution in [3.05, 3.63) is 95.7 Å². The summed E-state index contributed by atoms with van der Waals surface area (Å²) in [5, 5.41) is 2.63. The molecule has 0 spiro atoms. The highest BCUT2D eigenvalue weighted by molar-refractivity contribution is 6.46. The first-order valence-electron chi connectivity index (χ1n) is 9.40. The quantitative estimate of drug-likeness (QED) is 0.417. The fraction of sp³-hybridized carbons (Fsp3) is 0.0435. The Labute approximate surface area is 183 Å². The van der Waals surface area contributed by atoms with Crippen molar-refractivity contribution in [2.75, 3.05) is 10.2 Å². The Bertz CT molecular complexity index is 1270. The number of benzene rings is 3. The molecule has 5 nitrogen and oxygen atoms in total. The number of rotatable bonds is 5. The number of nitrogens with zero attached hydrogens (tertiary/aromatic N) is 1. The predicted molar refractivity (Wildman–Crippen MR) is 109 cm³/mol. The second kappa shape index (κ2) is 8.38. The van der Waals surface area contributed by atoms with Crippen molar-refractivity contribution >= 4 is 28.8 Å². The van der Waals surface area contributed by atoms with Crippen molar-refractivity contribution in [3.63, 3.8) is 0 Å². The van der Waals surface area contributed by atoms with Crippen LogP contribution < -0.4 is 15.0 Å². The van der Waals surface area contributed by atoms with E-state index in [1.54, 1.807) is 18.2 Å². The zero-order valence-electron chi connectivity index (χ0n) is 16.5. The Kier molecular flexibility index (Phi) is 5.59. The standard InChI is InChI=1S/C23H13F5N2O3/c24-14-9-10-17(25)18(11-14)30-21(31)19(13-5-2-1-3-6-13)20(22(30)32)29-15-7-4-8-16(12-15)33-23(26,27)28/h1-12,29H. The summed E-state index contributed by atoms with van der Waals surface area (Å²) in [4.78, 5) is 26.8. The van der Waals surface area contributed by atoms with Crippen molar-refractivity contribution in [2.45, 2.75) is 6.36 Å². The largest absolute Gasteiger partial charge is 0.573 e. The maximum absolute atomic E-state index is 14.4. The van der Waals surface area contributed by atoms with Gasteiger partial charge in [0, 0.05) is 17.8 Å². The van der Waals surface area contributed by atoms with Crippen molar-refractivity contribution in [1.29, 1.82) is 0 Å². The molecule has 0 saturated heterocycles. The fourth-order valence-corrected chi connectivity index (χ4v) is 3.31. The zero-order chi connectivity index (χ0) is 23.8. The Morgan fingerprint density at radius 1 is 0.818 bits per heavy atom. The molecule has 1 N–H and O–H groups in total. The van der Waals surface area contributed by atoms with Gasteiger partial charge in [-0.05, 0) is 29.8 Å². The lowest BCUT2D eigenvalue weighted by molar-refractivity contribution is -0.274. The number of nitrogens with one attached hydrogen (secondary N) is 1. The van der Waals surface area contributed by atoms with E-state index in [-0.39, 0.29) is 17.0 Å². The molecule has 0 saturated carbocycles. The van der Waals surface area contributed by atoms with Crippen LogP contribution in [0, 0.1) is 11.6 Å². The summed E-state index contributed by atoms with van der Waals surface area (Å²) in [5.74, 6) is -4.37. The number of ether oxygens (including phenoxy) is 1. The van der Waals surface area contributed by atoms with E-state index in [4.69, 9.17) is 0 Å². The number of hydrogen-bond donors (Lipinski definition) is 1. The third kappa shape index (κ3) is 4.54. The summed E-state index contributed by atoms with van der Waals surface area (Å²) >= 11 is 0. The summed E-state index contributed by atoms with van der Waals surface area (Å²) in [6, 6.07) is 14.9. The van der Waals surface area contributed by atoms with Gasteiger partial charge < -0.3 is 10.1 Å². The van der Waals surface area contributed by atoms with Crippen LogP contribution in [0.4, 0.5) is 33.3 Å². The van der Waals surface area contributed by atoms with Crippen LogP contribution in [0.3, 0.4) is 0 Å². The van der Waals surface area contributed by atoms with Crippen LogP contribution in [-0.2, 0) is 9.59 Å². The molecular formula is C23H13F5N2O3. The van der Waals surface area contributed by atoms with Crippen LogP contribution in [0.2, 0.25) is 0 Å². The van der Waals surface area contributed by atoms with Gasteiger partial charge in [0.1, 0.15) is 23.1 Å². The van der Waals surface area contributed by atoms with Crippen LogP contribution in [0.1, 0.15) is 5.56 Å². The molecule has 1 aliphatic rings. The van der Waals surface area contributed by atoms with Crippen molar-refractivity contribution < 1.29 is 36.3 Å². The van der Waals surface area contributed by atoms with E-state index in [1.165, 1.54) is 24.3 Å². The van der Waals surface area contributed by atoms with Crippen LogP contribution in [0.5, 0.6) is 5.75 Å². The third-order valence-corrected chi connectivity index (χ3v) is 4.63. The van der Waals surface area contributed by atoms with Crippen molar-refractivity contribution in [3.8, 4) is 5.75 Å². The van der Waals surface area contributed by atoms with E-state index in [0.717, 1.165) is 24.3 Å².